The van der Waals surface area contributed by atoms with Crippen molar-refractivity contribution in [3.63, 3.8) is 0 Å². The van der Waals surface area contributed by atoms with E-state index in [0.29, 0.717) is 45.0 Å². The molecule has 0 radical (unpaired) electrons. The molecule has 4 rings (SSSR count). The largest absolute Gasteiger partial charge is 0.486 e. The first-order chi connectivity index (χ1) is 13.7. The van der Waals surface area contributed by atoms with E-state index < -0.39 is 0 Å². The SMILES string of the molecule is O=C(NCCc1ccc2c(c1)OCCO2)[C@H]1CCCN(C(=O)c2ccco2)C1. The van der Waals surface area contributed by atoms with Crippen LogP contribution >= 0.6 is 0 Å². The zero-order valence-corrected chi connectivity index (χ0v) is 15.7. The first-order valence-corrected chi connectivity index (χ1v) is 9.70. The Balaban J connectivity index is 1.27. The minimum absolute atomic E-state index is 0.00510. The van der Waals surface area contributed by atoms with Crippen LogP contribution in [0.1, 0.15) is 29.0 Å². The Labute approximate surface area is 163 Å². The van der Waals surface area contributed by atoms with Crippen LogP contribution in [0.4, 0.5) is 0 Å². The highest BCUT2D eigenvalue weighted by atomic mass is 16.6. The number of carbonyl (C=O) groups is 2. The van der Waals surface area contributed by atoms with Crippen LogP contribution in [-0.2, 0) is 11.2 Å². The monoisotopic (exact) mass is 384 g/mol. The van der Waals surface area contributed by atoms with E-state index in [4.69, 9.17) is 13.9 Å². The van der Waals surface area contributed by atoms with Crippen molar-refractivity contribution in [1.29, 1.82) is 0 Å². The Bertz CT molecular complexity index is 833. The molecule has 2 aliphatic rings. The molecule has 1 atom stereocenters. The van der Waals surface area contributed by atoms with E-state index >= 15 is 0 Å². The van der Waals surface area contributed by atoms with Crippen LogP contribution in [-0.4, -0.2) is 49.6 Å². The predicted octanol–water partition coefficient (Wildman–Crippen LogP) is 2.26. The highest BCUT2D eigenvalue weighted by molar-refractivity contribution is 5.92. The van der Waals surface area contributed by atoms with Gasteiger partial charge in [-0.1, -0.05) is 6.07 Å². The molecule has 0 saturated carbocycles. The van der Waals surface area contributed by atoms with Crippen LogP contribution in [0.3, 0.4) is 0 Å². The van der Waals surface area contributed by atoms with E-state index in [1.54, 1.807) is 17.0 Å². The molecule has 1 aromatic heterocycles. The first kappa shape index (κ1) is 18.4. The molecular weight excluding hydrogens is 360 g/mol. The number of hydrogen-bond acceptors (Lipinski definition) is 5. The maximum Gasteiger partial charge on any atom is 0.289 e. The van der Waals surface area contributed by atoms with Crippen molar-refractivity contribution in [3.05, 3.63) is 47.9 Å². The van der Waals surface area contributed by atoms with Gasteiger partial charge >= 0.3 is 0 Å². The van der Waals surface area contributed by atoms with Gasteiger partial charge < -0.3 is 24.1 Å². The molecule has 7 nitrogen and oxygen atoms in total. The minimum atomic E-state index is -0.187. The third-order valence-electron chi connectivity index (χ3n) is 5.13. The van der Waals surface area contributed by atoms with Crippen molar-refractivity contribution in [2.45, 2.75) is 19.3 Å². The third-order valence-corrected chi connectivity index (χ3v) is 5.13. The minimum Gasteiger partial charge on any atom is -0.486 e. The molecule has 0 spiro atoms. The van der Waals surface area contributed by atoms with Crippen molar-refractivity contribution in [2.75, 3.05) is 32.8 Å². The lowest BCUT2D eigenvalue weighted by Gasteiger charge is -2.31. The number of nitrogens with zero attached hydrogens (tertiary/aromatic N) is 1. The van der Waals surface area contributed by atoms with Gasteiger partial charge in [0.1, 0.15) is 13.2 Å². The fourth-order valence-electron chi connectivity index (χ4n) is 3.65. The Morgan fingerprint density at radius 1 is 1.14 bits per heavy atom. The molecule has 1 aromatic carbocycles. The van der Waals surface area contributed by atoms with E-state index in [1.165, 1.54) is 6.26 Å². The molecule has 3 heterocycles. The maximum absolute atomic E-state index is 12.6. The number of rotatable bonds is 5. The summed E-state index contributed by atoms with van der Waals surface area (Å²) in [7, 11) is 0. The quantitative estimate of drug-likeness (QED) is 0.855. The summed E-state index contributed by atoms with van der Waals surface area (Å²) in [5.74, 6) is 1.50. The summed E-state index contributed by atoms with van der Waals surface area (Å²) in [6.45, 7) is 2.75. The lowest BCUT2D eigenvalue weighted by atomic mass is 9.96. The summed E-state index contributed by atoms with van der Waals surface area (Å²) >= 11 is 0. The molecule has 28 heavy (non-hydrogen) atoms. The highest BCUT2D eigenvalue weighted by Gasteiger charge is 2.29. The van der Waals surface area contributed by atoms with Crippen molar-refractivity contribution < 1.29 is 23.5 Å². The number of fused-ring (bicyclic) bond motifs is 1. The van der Waals surface area contributed by atoms with Gasteiger partial charge in [-0.25, -0.2) is 0 Å². The van der Waals surface area contributed by atoms with Crippen molar-refractivity contribution in [1.82, 2.24) is 10.2 Å². The number of carbonyl (C=O) groups excluding carboxylic acids is 2. The summed E-state index contributed by atoms with van der Waals surface area (Å²) in [4.78, 5) is 26.7. The van der Waals surface area contributed by atoms with E-state index in [0.717, 1.165) is 29.9 Å². The Morgan fingerprint density at radius 2 is 2.00 bits per heavy atom. The Hall–Kier alpha value is -2.96. The fraction of sp³-hybridized carbons (Fsp3) is 0.429. The van der Waals surface area contributed by atoms with Gasteiger partial charge in [-0.2, -0.15) is 0 Å². The number of benzene rings is 1. The molecule has 148 valence electrons. The lowest BCUT2D eigenvalue weighted by Crippen LogP contribution is -2.45. The van der Waals surface area contributed by atoms with Crippen molar-refractivity contribution in [3.8, 4) is 11.5 Å². The standard InChI is InChI=1S/C21H24N2O5/c24-20(16-3-1-9-23(14-16)21(25)18-4-2-10-26-18)22-8-7-15-5-6-17-19(13-15)28-12-11-27-17/h2,4-6,10,13,16H,1,3,7-9,11-12,14H2,(H,22,24)/t16-/m0/s1. The second-order valence-electron chi connectivity index (χ2n) is 7.09. The number of piperidine rings is 1. The molecule has 7 heteroatoms. The number of amides is 2. The number of hydrogen-bond donors (Lipinski definition) is 1. The van der Waals surface area contributed by atoms with Crippen LogP contribution in [0.15, 0.2) is 41.0 Å². The van der Waals surface area contributed by atoms with Crippen LogP contribution in [0, 0.1) is 5.92 Å². The molecule has 2 amide bonds. The van der Waals surface area contributed by atoms with Gasteiger partial charge in [0.15, 0.2) is 17.3 Å². The summed E-state index contributed by atoms with van der Waals surface area (Å²) < 4.78 is 16.3. The lowest BCUT2D eigenvalue weighted by molar-refractivity contribution is -0.126. The zero-order valence-electron chi connectivity index (χ0n) is 15.7. The molecule has 0 aliphatic carbocycles. The molecule has 2 aromatic rings. The van der Waals surface area contributed by atoms with Gasteiger partial charge in [-0.3, -0.25) is 9.59 Å². The van der Waals surface area contributed by atoms with Gasteiger partial charge in [0.05, 0.1) is 12.2 Å². The molecule has 0 bridgehead atoms. The highest BCUT2D eigenvalue weighted by Crippen LogP contribution is 2.30. The van der Waals surface area contributed by atoms with E-state index in [1.807, 2.05) is 18.2 Å². The van der Waals surface area contributed by atoms with Gasteiger partial charge in [0.25, 0.3) is 5.91 Å². The average Bonchev–Trinajstić information content (AvgIpc) is 3.28. The van der Waals surface area contributed by atoms with E-state index in [9.17, 15) is 9.59 Å². The van der Waals surface area contributed by atoms with E-state index in [-0.39, 0.29) is 17.7 Å². The number of nitrogens with one attached hydrogen (secondary N) is 1. The van der Waals surface area contributed by atoms with Gasteiger partial charge in [-0.15, -0.1) is 0 Å². The first-order valence-electron chi connectivity index (χ1n) is 9.70. The predicted molar refractivity (Wildman–Crippen MR) is 101 cm³/mol. The summed E-state index contributed by atoms with van der Waals surface area (Å²) in [5.41, 5.74) is 1.09. The summed E-state index contributed by atoms with van der Waals surface area (Å²) in [5, 5.41) is 3.00. The number of furan rings is 1. The van der Waals surface area contributed by atoms with Gasteiger partial charge in [-0.05, 0) is 49.1 Å². The normalized spacial score (nSPS) is 18.6. The molecule has 2 aliphatic heterocycles. The molecule has 1 N–H and O–H groups in total. The third kappa shape index (κ3) is 4.13. The van der Waals surface area contributed by atoms with Crippen molar-refractivity contribution >= 4 is 11.8 Å². The van der Waals surface area contributed by atoms with Crippen LogP contribution in [0.2, 0.25) is 0 Å². The average molecular weight is 384 g/mol. The Kier molecular flexibility index (Phi) is 5.50. The van der Waals surface area contributed by atoms with Crippen LogP contribution in [0.5, 0.6) is 11.5 Å². The molecule has 1 saturated heterocycles. The van der Waals surface area contributed by atoms with Crippen LogP contribution in [0.25, 0.3) is 0 Å². The summed E-state index contributed by atoms with van der Waals surface area (Å²) in [6.07, 6.45) is 3.80. The van der Waals surface area contributed by atoms with Crippen molar-refractivity contribution in [2.24, 2.45) is 5.92 Å². The van der Waals surface area contributed by atoms with Gasteiger partial charge in [0.2, 0.25) is 5.91 Å². The second-order valence-corrected chi connectivity index (χ2v) is 7.09. The smallest absolute Gasteiger partial charge is 0.289 e. The zero-order chi connectivity index (χ0) is 19.3. The second kappa shape index (κ2) is 8.37. The fourth-order valence-corrected chi connectivity index (χ4v) is 3.65. The number of ether oxygens (including phenoxy) is 2. The maximum atomic E-state index is 12.6. The Morgan fingerprint density at radius 3 is 2.82 bits per heavy atom. The van der Waals surface area contributed by atoms with Gasteiger partial charge in [0, 0.05) is 19.6 Å². The topological polar surface area (TPSA) is 81.0 Å². The summed E-state index contributed by atoms with van der Waals surface area (Å²) in [6, 6.07) is 9.21. The molecular formula is C21H24N2O5. The molecule has 1 fully saturated rings. The molecule has 0 unspecified atom stereocenters. The van der Waals surface area contributed by atoms with Crippen LogP contribution < -0.4 is 14.8 Å². The van der Waals surface area contributed by atoms with E-state index in [2.05, 4.69) is 5.32 Å². The number of likely N-dealkylation sites (tertiary alicyclic amines) is 1.